The first kappa shape index (κ1) is 23.8. The number of halogens is 1. The molecule has 0 aromatic heterocycles. The van der Waals surface area contributed by atoms with E-state index in [1.807, 2.05) is 47.4 Å². The van der Waals surface area contributed by atoms with E-state index in [4.69, 9.17) is 25.8 Å². The maximum absolute atomic E-state index is 14.0. The molecule has 2 aromatic carbocycles. The van der Waals surface area contributed by atoms with Crippen LogP contribution in [-0.2, 0) is 31.1 Å². The molecule has 7 nitrogen and oxygen atoms in total. The molecule has 36 heavy (non-hydrogen) atoms. The summed E-state index contributed by atoms with van der Waals surface area (Å²) in [5.41, 5.74) is -0.603. The van der Waals surface area contributed by atoms with Crippen LogP contribution in [0, 0.1) is 17.3 Å². The first-order valence-electron chi connectivity index (χ1n) is 12.0. The Morgan fingerprint density at radius 2 is 1.81 bits per heavy atom. The summed E-state index contributed by atoms with van der Waals surface area (Å²) in [5, 5.41) is 0. The van der Waals surface area contributed by atoms with Crippen molar-refractivity contribution in [2.24, 2.45) is 17.3 Å². The average Bonchev–Trinajstić information content (AvgIpc) is 3.54. The van der Waals surface area contributed by atoms with Crippen molar-refractivity contribution in [2.75, 3.05) is 27.4 Å². The minimum absolute atomic E-state index is 0.148. The minimum atomic E-state index is -1.28. The molecule has 188 valence electrons. The third kappa shape index (κ3) is 2.73. The van der Waals surface area contributed by atoms with Crippen molar-refractivity contribution >= 4 is 48.7 Å². The molecule has 2 aliphatic carbocycles. The van der Waals surface area contributed by atoms with Crippen LogP contribution in [0.25, 0.3) is 0 Å². The molecular formula is C27H26ClNO6Se. The fourth-order valence-corrected chi connectivity index (χ4v) is 10.3. The number of nitrogens with zero attached hydrogens (tertiary/aromatic N) is 1. The molecule has 2 saturated carbocycles. The number of hydrogen-bond acceptors (Lipinski definition) is 6. The number of ketones is 1. The van der Waals surface area contributed by atoms with Crippen molar-refractivity contribution in [3.63, 3.8) is 0 Å². The van der Waals surface area contributed by atoms with Crippen LogP contribution in [0.3, 0.4) is 0 Å². The second-order valence-corrected chi connectivity index (χ2v) is 13.7. The number of esters is 1. The van der Waals surface area contributed by atoms with E-state index in [1.54, 1.807) is 21.1 Å². The van der Waals surface area contributed by atoms with E-state index in [-0.39, 0.29) is 24.7 Å². The Kier molecular flexibility index (Phi) is 5.28. The molecule has 4 aliphatic rings. The third-order valence-electron chi connectivity index (χ3n) is 8.31. The fourth-order valence-electron chi connectivity index (χ4n) is 7.01. The van der Waals surface area contributed by atoms with Crippen LogP contribution in [0.5, 0.6) is 11.5 Å². The van der Waals surface area contributed by atoms with Crippen LogP contribution in [-0.4, -0.2) is 68.7 Å². The Morgan fingerprint density at radius 1 is 1.11 bits per heavy atom. The van der Waals surface area contributed by atoms with E-state index in [0.717, 1.165) is 15.6 Å². The van der Waals surface area contributed by atoms with E-state index >= 15 is 0 Å². The van der Waals surface area contributed by atoms with Crippen molar-refractivity contribution in [3.8, 4) is 11.5 Å². The Hall–Kier alpha value is -2.54. The van der Waals surface area contributed by atoms with Gasteiger partial charge in [-0.05, 0) is 0 Å². The number of amides is 1. The van der Waals surface area contributed by atoms with E-state index in [1.165, 1.54) is 0 Å². The first-order valence-corrected chi connectivity index (χ1v) is 14.1. The van der Waals surface area contributed by atoms with Gasteiger partial charge in [-0.25, -0.2) is 0 Å². The van der Waals surface area contributed by atoms with Gasteiger partial charge >= 0.3 is 221 Å². The molecular weight excluding hydrogens is 549 g/mol. The van der Waals surface area contributed by atoms with Gasteiger partial charge in [-0.1, -0.05) is 0 Å². The summed E-state index contributed by atoms with van der Waals surface area (Å²) in [5.74, 6) is -1.32. The van der Waals surface area contributed by atoms with Gasteiger partial charge in [-0.3, -0.25) is 0 Å². The van der Waals surface area contributed by atoms with Gasteiger partial charge in [0.2, 0.25) is 0 Å². The van der Waals surface area contributed by atoms with Gasteiger partial charge in [0.15, 0.2) is 0 Å². The monoisotopic (exact) mass is 575 g/mol. The van der Waals surface area contributed by atoms with Crippen LogP contribution >= 0.6 is 11.6 Å². The van der Waals surface area contributed by atoms with E-state index in [9.17, 15) is 14.4 Å². The summed E-state index contributed by atoms with van der Waals surface area (Å²) in [7, 11) is 3.14. The van der Waals surface area contributed by atoms with E-state index in [0.29, 0.717) is 24.5 Å². The Morgan fingerprint density at radius 3 is 2.47 bits per heavy atom. The molecule has 1 unspecified atom stereocenters. The zero-order valence-electron chi connectivity index (χ0n) is 20.2. The van der Waals surface area contributed by atoms with Gasteiger partial charge in [0.1, 0.15) is 0 Å². The van der Waals surface area contributed by atoms with Crippen LogP contribution in [0.4, 0.5) is 0 Å². The maximum atomic E-state index is 14.0. The average molecular weight is 575 g/mol. The number of fused-ring (bicyclic) bond motifs is 2. The Labute approximate surface area is 220 Å². The van der Waals surface area contributed by atoms with Gasteiger partial charge in [-0.15, -0.1) is 0 Å². The first-order chi connectivity index (χ1) is 17.3. The zero-order valence-corrected chi connectivity index (χ0v) is 22.7. The van der Waals surface area contributed by atoms with Gasteiger partial charge in [-0.2, -0.15) is 0 Å². The number of alkyl halides is 1. The van der Waals surface area contributed by atoms with Crippen LogP contribution in [0.15, 0.2) is 42.5 Å². The second-order valence-electron chi connectivity index (χ2n) is 9.69. The standard InChI is InChI=1S/C27H26ClNO6Se/c1-4-35-24(32)27-20-21(27)23(31)29-11-10-15-12-18(33-2)19(34-3)13-17(15)25(27,29)14-26(28,22(20)30)36-16-8-6-5-7-9-16/h5-9,12-13,20-21H,4,10-11,14H2,1-3H3/t20-,21?,25-,26-,27+/m1/s1. The zero-order chi connectivity index (χ0) is 25.5. The number of carbonyl (C=O) groups excluding carboxylic acids is 3. The van der Waals surface area contributed by atoms with Crippen LogP contribution in [0.1, 0.15) is 24.5 Å². The van der Waals surface area contributed by atoms with Crippen molar-refractivity contribution in [1.82, 2.24) is 4.90 Å². The second kappa shape index (κ2) is 7.98. The number of methoxy groups -OCH3 is 2. The molecule has 0 radical (unpaired) electrons. The van der Waals surface area contributed by atoms with Gasteiger partial charge in [0.25, 0.3) is 0 Å². The fraction of sp³-hybridized carbons (Fsp3) is 0.444. The summed E-state index contributed by atoms with van der Waals surface area (Å²) >= 11 is 6.89. The van der Waals surface area contributed by atoms with Gasteiger partial charge < -0.3 is 0 Å². The van der Waals surface area contributed by atoms with Crippen molar-refractivity contribution < 1.29 is 28.6 Å². The summed E-state index contributed by atoms with van der Waals surface area (Å²) in [4.78, 5) is 43.4. The normalized spacial score (nSPS) is 33.4. The van der Waals surface area contributed by atoms with Crippen molar-refractivity contribution in [3.05, 3.63) is 53.6 Å². The molecule has 0 bridgehead atoms. The summed E-state index contributed by atoms with van der Waals surface area (Å²) < 4.78 is 16.5. The molecule has 6 rings (SSSR count). The molecule has 2 aliphatic heterocycles. The number of benzene rings is 2. The van der Waals surface area contributed by atoms with Gasteiger partial charge in [0, 0.05) is 0 Å². The predicted octanol–water partition coefficient (Wildman–Crippen LogP) is 2.03. The SMILES string of the molecule is CCOC(=O)[C@]12C3C(=O)N4CCc5cc(OC)c(OC)cc5[C@@]41C[C@@](Cl)([Se]c1ccccc1)C(=O)[C@@H]32. The topological polar surface area (TPSA) is 82.1 Å². The summed E-state index contributed by atoms with van der Waals surface area (Å²) in [6.45, 7) is 2.34. The van der Waals surface area contributed by atoms with Crippen molar-refractivity contribution in [1.29, 1.82) is 0 Å². The summed E-state index contributed by atoms with van der Waals surface area (Å²) in [6, 6.07) is 13.5. The number of carbonyl (C=O) groups is 3. The Balaban J connectivity index is 1.60. The number of ether oxygens (including phenoxy) is 3. The molecule has 0 N–H and O–H groups in total. The molecule has 1 spiro atoms. The molecule has 1 saturated heterocycles. The molecule has 1 amide bonds. The molecule has 9 heteroatoms. The summed E-state index contributed by atoms with van der Waals surface area (Å²) in [6.07, 6.45) is 0.752. The molecule has 2 heterocycles. The number of rotatable bonds is 6. The van der Waals surface area contributed by atoms with E-state index < -0.39 is 47.5 Å². The number of piperidine rings is 1. The van der Waals surface area contributed by atoms with Crippen LogP contribution < -0.4 is 13.9 Å². The van der Waals surface area contributed by atoms with E-state index in [2.05, 4.69) is 0 Å². The number of hydrogen-bond donors (Lipinski definition) is 0. The molecule has 2 aromatic rings. The van der Waals surface area contributed by atoms with Gasteiger partial charge in [0.05, 0.1) is 0 Å². The molecule has 3 fully saturated rings. The predicted molar refractivity (Wildman–Crippen MR) is 133 cm³/mol. The quantitative estimate of drug-likeness (QED) is 0.298. The third-order valence-corrected chi connectivity index (χ3v) is 11.5. The van der Waals surface area contributed by atoms with Crippen molar-refractivity contribution in [2.45, 2.75) is 29.1 Å². The number of Topliss-reactive ketones (excluding diaryl/α,β-unsaturated/α-hetero) is 1. The Bertz CT molecular complexity index is 1300. The van der Waals surface area contributed by atoms with Crippen LogP contribution in [0.2, 0.25) is 0 Å². The molecule has 5 atom stereocenters.